The molecule has 3 aromatic rings. The lowest BCUT2D eigenvalue weighted by atomic mass is 9.97. The number of halogens is 1. The Kier molecular flexibility index (Phi) is 5.36. The smallest absolute Gasteiger partial charge is 0.244 e. The first-order valence-electron chi connectivity index (χ1n) is 8.73. The lowest BCUT2D eigenvalue weighted by Crippen LogP contribution is -2.23. The zero-order valence-electron chi connectivity index (χ0n) is 16.2. The molecule has 6 nitrogen and oxygen atoms in total. The summed E-state index contributed by atoms with van der Waals surface area (Å²) in [6.07, 6.45) is 6.97. The van der Waals surface area contributed by atoms with Gasteiger partial charge in [0.1, 0.15) is 0 Å². The Morgan fingerprint density at radius 2 is 1.93 bits per heavy atom. The van der Waals surface area contributed by atoms with Gasteiger partial charge in [-0.25, -0.2) is 21.8 Å². The summed E-state index contributed by atoms with van der Waals surface area (Å²) >= 11 is 0. The summed E-state index contributed by atoms with van der Waals surface area (Å²) in [5, 5.41) is -0.692. The molecule has 0 fully saturated rings. The Hall–Kier alpha value is -3.31. The van der Waals surface area contributed by atoms with E-state index in [4.69, 9.17) is 16.9 Å². The molecule has 0 radical (unpaired) electrons. The van der Waals surface area contributed by atoms with Crippen LogP contribution in [0.3, 0.4) is 0 Å². The Bertz CT molecular complexity index is 1270. The highest BCUT2D eigenvalue weighted by atomic mass is 32.2. The van der Waals surface area contributed by atoms with Crippen LogP contribution in [-0.4, -0.2) is 29.7 Å². The van der Waals surface area contributed by atoms with E-state index in [-0.39, 0.29) is 11.7 Å². The van der Waals surface area contributed by atoms with Gasteiger partial charge < -0.3 is 10.5 Å². The molecule has 1 heterocycles. The molecule has 0 saturated heterocycles. The molecule has 2 N–H and O–H groups in total. The van der Waals surface area contributed by atoms with Gasteiger partial charge in [0.15, 0.2) is 11.6 Å². The fourth-order valence-corrected chi connectivity index (χ4v) is 4.11. The molecule has 0 aliphatic carbocycles. The fourth-order valence-electron chi connectivity index (χ4n) is 2.97. The van der Waals surface area contributed by atoms with Crippen LogP contribution < -0.4 is 10.5 Å². The lowest BCUT2D eigenvalue weighted by molar-refractivity contribution is 0.386. The first-order valence-corrected chi connectivity index (χ1v) is 10.2. The van der Waals surface area contributed by atoms with Crippen molar-refractivity contribution < 1.29 is 17.5 Å². The van der Waals surface area contributed by atoms with Gasteiger partial charge in [-0.3, -0.25) is 0 Å². The van der Waals surface area contributed by atoms with Crippen LogP contribution >= 0.6 is 0 Å². The number of rotatable bonds is 5. The van der Waals surface area contributed by atoms with Gasteiger partial charge in [-0.15, -0.1) is 6.42 Å². The van der Waals surface area contributed by atoms with E-state index in [0.717, 1.165) is 3.97 Å². The van der Waals surface area contributed by atoms with Crippen LogP contribution in [0.5, 0.6) is 5.75 Å². The summed E-state index contributed by atoms with van der Waals surface area (Å²) in [6.45, 7) is 3.13. The second-order valence-electron chi connectivity index (χ2n) is 6.61. The van der Waals surface area contributed by atoms with Gasteiger partial charge in [-0.2, -0.15) is 0 Å². The molecule has 0 amide bonds. The van der Waals surface area contributed by atoms with Crippen molar-refractivity contribution in [2.45, 2.75) is 19.1 Å². The van der Waals surface area contributed by atoms with Gasteiger partial charge in [0.25, 0.3) is 0 Å². The van der Waals surface area contributed by atoms with Crippen molar-refractivity contribution in [1.29, 1.82) is 0 Å². The highest BCUT2D eigenvalue weighted by Gasteiger charge is 2.25. The monoisotopic (exact) mass is 413 g/mol. The number of nitrogen functional groups attached to an aromatic ring is 1. The average Bonchev–Trinajstić information content (AvgIpc) is 3.01. The summed E-state index contributed by atoms with van der Waals surface area (Å²) in [5.74, 6) is 1.90. The Labute approximate surface area is 168 Å². The highest BCUT2D eigenvalue weighted by Crippen LogP contribution is 2.31. The minimum absolute atomic E-state index is 0.109. The summed E-state index contributed by atoms with van der Waals surface area (Å²) < 4.78 is 45.7. The van der Waals surface area contributed by atoms with E-state index in [1.165, 1.54) is 25.3 Å². The molecule has 1 aromatic heterocycles. The Morgan fingerprint density at radius 3 is 2.52 bits per heavy atom. The van der Waals surface area contributed by atoms with Crippen LogP contribution in [0.1, 0.15) is 25.0 Å². The van der Waals surface area contributed by atoms with E-state index in [1.54, 1.807) is 38.1 Å². The fraction of sp³-hybridized carbons (Fsp3) is 0.190. The second-order valence-corrected chi connectivity index (χ2v) is 8.94. The number of nitrogens with zero attached hydrogens (tertiary/aromatic N) is 2. The topological polar surface area (TPSA) is 87.2 Å². The molecule has 3 rings (SSSR count). The predicted molar refractivity (Wildman–Crippen MR) is 112 cm³/mol. The Morgan fingerprint density at radius 1 is 1.28 bits per heavy atom. The average molecular weight is 413 g/mol. The summed E-state index contributed by atoms with van der Waals surface area (Å²) in [7, 11) is -2.35. The maximum atomic E-state index is 14.2. The molecule has 8 heteroatoms. The van der Waals surface area contributed by atoms with Gasteiger partial charge >= 0.3 is 0 Å². The van der Waals surface area contributed by atoms with Crippen LogP contribution in [0, 0.1) is 18.2 Å². The highest BCUT2D eigenvalue weighted by molar-refractivity contribution is 7.90. The molecule has 2 aromatic carbocycles. The maximum Gasteiger partial charge on any atom is 0.244 e. The zero-order chi connectivity index (χ0) is 21.3. The summed E-state index contributed by atoms with van der Waals surface area (Å²) in [6, 6.07) is 9.49. The van der Waals surface area contributed by atoms with Gasteiger partial charge in [-0.05, 0) is 60.9 Å². The molecular formula is C21H20FN3O3S. The largest absolute Gasteiger partial charge is 0.494 e. The summed E-state index contributed by atoms with van der Waals surface area (Å²) in [5.41, 5.74) is 8.30. The van der Waals surface area contributed by atoms with E-state index >= 15 is 0 Å². The van der Waals surface area contributed by atoms with Gasteiger partial charge in [0, 0.05) is 0 Å². The SMILES string of the molecule is C#C/C=C(\c1ccc(OC)c(F)c1)c1ccc2nc(N)n(S(=O)(=O)C(C)C)c2c1. The number of benzene rings is 2. The van der Waals surface area contributed by atoms with Crippen LogP contribution in [0.25, 0.3) is 16.6 Å². The third kappa shape index (κ3) is 3.57. The van der Waals surface area contributed by atoms with Crippen LogP contribution in [0.4, 0.5) is 10.3 Å². The van der Waals surface area contributed by atoms with Crippen molar-refractivity contribution in [2.75, 3.05) is 12.8 Å². The molecule has 150 valence electrons. The van der Waals surface area contributed by atoms with Crippen LogP contribution in [0.15, 0.2) is 42.5 Å². The number of fused-ring (bicyclic) bond motifs is 1. The van der Waals surface area contributed by atoms with Crippen molar-refractivity contribution >= 4 is 32.6 Å². The number of allylic oxidation sites excluding steroid dienone is 1. The predicted octanol–water partition coefficient (Wildman–Crippen LogP) is 3.42. The zero-order valence-corrected chi connectivity index (χ0v) is 17.0. The molecule has 0 unspecified atom stereocenters. The van der Waals surface area contributed by atoms with E-state index in [2.05, 4.69) is 10.9 Å². The molecule has 0 atom stereocenters. The van der Waals surface area contributed by atoms with Crippen molar-refractivity contribution in [2.24, 2.45) is 0 Å². The summed E-state index contributed by atoms with van der Waals surface area (Å²) in [4.78, 5) is 4.14. The number of aromatic nitrogens is 2. The third-order valence-corrected chi connectivity index (χ3v) is 6.57. The second kappa shape index (κ2) is 7.60. The van der Waals surface area contributed by atoms with Gasteiger partial charge in [0.2, 0.25) is 16.0 Å². The third-order valence-electron chi connectivity index (χ3n) is 4.49. The van der Waals surface area contributed by atoms with Crippen molar-refractivity contribution in [3.63, 3.8) is 0 Å². The molecule has 0 saturated carbocycles. The molecule has 0 aliphatic rings. The van der Waals surface area contributed by atoms with E-state index in [9.17, 15) is 12.8 Å². The van der Waals surface area contributed by atoms with E-state index in [1.807, 2.05) is 0 Å². The van der Waals surface area contributed by atoms with Crippen molar-refractivity contribution in [1.82, 2.24) is 8.96 Å². The van der Waals surface area contributed by atoms with E-state index < -0.39 is 21.1 Å². The van der Waals surface area contributed by atoms with Crippen molar-refractivity contribution in [3.8, 4) is 18.1 Å². The van der Waals surface area contributed by atoms with Gasteiger partial charge in [-0.1, -0.05) is 18.1 Å². The minimum atomic E-state index is -3.73. The van der Waals surface area contributed by atoms with Crippen LogP contribution in [-0.2, 0) is 10.0 Å². The number of nitrogens with two attached hydrogens (primary N) is 1. The minimum Gasteiger partial charge on any atom is -0.494 e. The number of hydrogen-bond donors (Lipinski definition) is 1. The number of hydrogen-bond acceptors (Lipinski definition) is 5. The number of methoxy groups -OCH3 is 1. The Balaban J connectivity index is 2.24. The lowest BCUT2D eigenvalue weighted by Gasteiger charge is -2.13. The van der Waals surface area contributed by atoms with Crippen molar-refractivity contribution in [3.05, 3.63) is 59.4 Å². The maximum absolute atomic E-state index is 14.2. The number of ether oxygens (including phenoxy) is 1. The molecule has 0 aliphatic heterocycles. The number of anilines is 1. The molecule has 0 spiro atoms. The molecular weight excluding hydrogens is 393 g/mol. The number of terminal acetylenes is 1. The first-order chi connectivity index (χ1) is 13.7. The molecule has 29 heavy (non-hydrogen) atoms. The normalized spacial score (nSPS) is 12.3. The first kappa shape index (κ1) is 20.4. The molecule has 0 bridgehead atoms. The standard InChI is InChI=1S/C21H20FN3O3S/c1-5-6-16(14-8-10-20(28-4)17(22)11-14)15-7-9-18-19(12-15)25(21(23)24-18)29(26,27)13(2)3/h1,6-13H,2-4H3,(H2,23,24)/b16-6+. The van der Waals surface area contributed by atoms with Crippen LogP contribution in [0.2, 0.25) is 0 Å². The van der Waals surface area contributed by atoms with Gasteiger partial charge in [0.05, 0.1) is 23.4 Å². The number of imidazole rings is 1. The van der Waals surface area contributed by atoms with E-state index in [0.29, 0.717) is 27.7 Å². The quantitative estimate of drug-likeness (QED) is 0.648.